The van der Waals surface area contributed by atoms with Crippen LogP contribution in [0.3, 0.4) is 0 Å². The highest BCUT2D eigenvalue weighted by atomic mass is 16.6. The number of amides is 1. The molecule has 0 aliphatic carbocycles. The number of carbonyl (C=O) groups excluding carboxylic acids is 1. The van der Waals surface area contributed by atoms with Gasteiger partial charge in [-0.05, 0) is 39.7 Å². The molecule has 0 unspecified atom stereocenters. The average Bonchev–Trinajstić information content (AvgIpc) is 2.47. The summed E-state index contributed by atoms with van der Waals surface area (Å²) in [6, 6.07) is 11.7. The third-order valence-corrected chi connectivity index (χ3v) is 5.00. The monoisotopic (exact) mass is 316 g/mol. The minimum absolute atomic E-state index is 0.162. The standard InChI is InChI=1S/C19H28N2O2/c1-14(15-8-6-5-7-9-15)21-13-16-12-20(11-10-17(16)21)18(22)23-19(2,3)4/h5-9,14,16-17H,10-13H2,1-4H3/t14-,16-,17+/m1/s1. The molecule has 0 saturated carbocycles. The van der Waals surface area contributed by atoms with Crippen LogP contribution in [0.15, 0.2) is 30.3 Å². The van der Waals surface area contributed by atoms with Gasteiger partial charge in [-0.3, -0.25) is 4.90 Å². The van der Waals surface area contributed by atoms with Gasteiger partial charge in [-0.1, -0.05) is 30.3 Å². The van der Waals surface area contributed by atoms with Crippen molar-refractivity contribution in [3.8, 4) is 0 Å². The van der Waals surface area contributed by atoms with Crippen molar-refractivity contribution in [1.82, 2.24) is 9.80 Å². The van der Waals surface area contributed by atoms with Gasteiger partial charge in [0.05, 0.1) is 0 Å². The van der Waals surface area contributed by atoms with Crippen LogP contribution in [-0.4, -0.2) is 47.2 Å². The Morgan fingerprint density at radius 1 is 1.22 bits per heavy atom. The maximum atomic E-state index is 12.2. The Morgan fingerprint density at radius 2 is 1.91 bits per heavy atom. The summed E-state index contributed by atoms with van der Waals surface area (Å²) in [6.45, 7) is 10.7. The number of piperidine rings is 1. The first-order chi connectivity index (χ1) is 10.8. The highest BCUT2D eigenvalue weighted by Crippen LogP contribution is 2.38. The molecule has 1 aromatic rings. The molecule has 3 atom stereocenters. The van der Waals surface area contributed by atoms with E-state index in [9.17, 15) is 4.79 Å². The Morgan fingerprint density at radius 3 is 2.52 bits per heavy atom. The molecule has 1 amide bonds. The number of hydrogen-bond acceptors (Lipinski definition) is 3. The number of fused-ring (bicyclic) bond motifs is 1. The number of rotatable bonds is 2. The molecule has 0 bridgehead atoms. The van der Waals surface area contributed by atoms with Crippen LogP contribution in [0.1, 0.15) is 45.7 Å². The van der Waals surface area contributed by atoms with Crippen LogP contribution >= 0.6 is 0 Å². The molecule has 2 fully saturated rings. The molecule has 0 N–H and O–H groups in total. The van der Waals surface area contributed by atoms with Crippen LogP contribution in [0.2, 0.25) is 0 Å². The first-order valence-electron chi connectivity index (χ1n) is 8.64. The van der Waals surface area contributed by atoms with Crippen molar-refractivity contribution in [2.24, 2.45) is 5.92 Å². The van der Waals surface area contributed by atoms with E-state index in [1.165, 1.54) is 5.56 Å². The smallest absolute Gasteiger partial charge is 0.410 e. The zero-order chi connectivity index (χ0) is 16.6. The van der Waals surface area contributed by atoms with E-state index in [0.717, 1.165) is 26.1 Å². The lowest BCUT2D eigenvalue weighted by molar-refractivity contribution is -0.0696. The van der Waals surface area contributed by atoms with Gasteiger partial charge in [-0.2, -0.15) is 0 Å². The SMILES string of the molecule is C[C@H](c1ccccc1)N1C[C@H]2CN(C(=O)OC(C)(C)C)CC[C@@H]21. The lowest BCUT2D eigenvalue weighted by Crippen LogP contribution is -2.64. The van der Waals surface area contributed by atoms with E-state index < -0.39 is 5.60 Å². The van der Waals surface area contributed by atoms with Gasteiger partial charge in [-0.25, -0.2) is 4.79 Å². The maximum absolute atomic E-state index is 12.2. The van der Waals surface area contributed by atoms with Crippen LogP contribution in [0.25, 0.3) is 0 Å². The second-order valence-corrected chi connectivity index (χ2v) is 7.83. The molecule has 0 spiro atoms. The fourth-order valence-corrected chi connectivity index (χ4v) is 3.76. The van der Waals surface area contributed by atoms with Crippen molar-refractivity contribution in [3.63, 3.8) is 0 Å². The lowest BCUT2D eigenvalue weighted by Gasteiger charge is -2.55. The Bertz CT molecular complexity index is 552. The summed E-state index contributed by atoms with van der Waals surface area (Å²) >= 11 is 0. The minimum Gasteiger partial charge on any atom is -0.444 e. The molecule has 3 rings (SSSR count). The van der Waals surface area contributed by atoms with Crippen molar-refractivity contribution in [2.45, 2.75) is 51.8 Å². The summed E-state index contributed by atoms with van der Waals surface area (Å²) in [7, 11) is 0. The Hall–Kier alpha value is -1.55. The number of carbonyl (C=O) groups is 1. The fourth-order valence-electron chi connectivity index (χ4n) is 3.76. The summed E-state index contributed by atoms with van der Waals surface area (Å²) in [5, 5.41) is 0. The van der Waals surface area contributed by atoms with Gasteiger partial charge in [0.2, 0.25) is 0 Å². The molecule has 0 aromatic heterocycles. The number of benzene rings is 1. The molecular formula is C19H28N2O2. The van der Waals surface area contributed by atoms with Crippen LogP contribution in [0.5, 0.6) is 0 Å². The van der Waals surface area contributed by atoms with Gasteiger partial charge in [0.25, 0.3) is 0 Å². The molecule has 2 heterocycles. The highest BCUT2D eigenvalue weighted by molar-refractivity contribution is 5.68. The fraction of sp³-hybridized carbons (Fsp3) is 0.632. The Labute approximate surface area is 139 Å². The minimum atomic E-state index is -0.415. The van der Waals surface area contributed by atoms with Gasteiger partial charge >= 0.3 is 6.09 Å². The summed E-state index contributed by atoms with van der Waals surface area (Å²) in [6.07, 6.45) is 0.881. The number of hydrogen-bond donors (Lipinski definition) is 0. The van der Waals surface area contributed by atoms with Crippen LogP contribution in [0, 0.1) is 5.92 Å². The average molecular weight is 316 g/mol. The van der Waals surface area contributed by atoms with E-state index in [0.29, 0.717) is 18.0 Å². The quantitative estimate of drug-likeness (QED) is 0.834. The molecule has 23 heavy (non-hydrogen) atoms. The van der Waals surface area contributed by atoms with Crippen molar-refractivity contribution in [3.05, 3.63) is 35.9 Å². The molecule has 4 nitrogen and oxygen atoms in total. The maximum Gasteiger partial charge on any atom is 0.410 e. The molecule has 1 aromatic carbocycles. The second kappa shape index (κ2) is 6.16. The predicted molar refractivity (Wildman–Crippen MR) is 91.3 cm³/mol. The first-order valence-corrected chi connectivity index (χ1v) is 8.64. The molecule has 2 saturated heterocycles. The van der Waals surface area contributed by atoms with Crippen LogP contribution in [-0.2, 0) is 4.74 Å². The summed E-state index contributed by atoms with van der Waals surface area (Å²) < 4.78 is 5.50. The van der Waals surface area contributed by atoms with Gasteiger partial charge in [0.1, 0.15) is 5.60 Å². The second-order valence-electron chi connectivity index (χ2n) is 7.83. The predicted octanol–water partition coefficient (Wildman–Crippen LogP) is 3.69. The Kier molecular flexibility index (Phi) is 4.37. The molecular weight excluding hydrogens is 288 g/mol. The van der Waals surface area contributed by atoms with E-state index in [1.807, 2.05) is 25.7 Å². The van der Waals surface area contributed by atoms with Gasteiger partial charge in [0, 0.05) is 37.6 Å². The van der Waals surface area contributed by atoms with E-state index in [-0.39, 0.29) is 6.09 Å². The number of nitrogens with zero attached hydrogens (tertiary/aromatic N) is 2. The summed E-state index contributed by atoms with van der Waals surface area (Å²) in [4.78, 5) is 16.7. The third-order valence-electron chi connectivity index (χ3n) is 5.00. The van der Waals surface area contributed by atoms with E-state index >= 15 is 0 Å². The van der Waals surface area contributed by atoms with Gasteiger partial charge in [-0.15, -0.1) is 0 Å². The van der Waals surface area contributed by atoms with Gasteiger partial charge < -0.3 is 9.64 Å². The molecule has 0 radical (unpaired) electrons. The molecule has 4 heteroatoms. The Balaban J connectivity index is 1.56. The van der Waals surface area contributed by atoms with E-state index in [2.05, 4.69) is 42.2 Å². The zero-order valence-electron chi connectivity index (χ0n) is 14.7. The number of likely N-dealkylation sites (tertiary alicyclic amines) is 2. The highest BCUT2D eigenvalue weighted by Gasteiger charge is 2.45. The first kappa shape index (κ1) is 16.3. The third kappa shape index (κ3) is 3.52. The van der Waals surface area contributed by atoms with Crippen LogP contribution < -0.4 is 0 Å². The van der Waals surface area contributed by atoms with E-state index in [1.54, 1.807) is 0 Å². The van der Waals surface area contributed by atoms with Gasteiger partial charge in [0.15, 0.2) is 0 Å². The topological polar surface area (TPSA) is 32.8 Å². The normalized spacial score (nSPS) is 26.2. The lowest BCUT2D eigenvalue weighted by atomic mass is 9.80. The van der Waals surface area contributed by atoms with Crippen molar-refractivity contribution in [2.75, 3.05) is 19.6 Å². The van der Waals surface area contributed by atoms with Crippen molar-refractivity contribution < 1.29 is 9.53 Å². The molecule has 2 aliphatic heterocycles. The summed E-state index contributed by atoms with van der Waals surface area (Å²) in [5.74, 6) is 0.586. The van der Waals surface area contributed by atoms with Crippen molar-refractivity contribution >= 4 is 6.09 Å². The van der Waals surface area contributed by atoms with E-state index in [4.69, 9.17) is 4.74 Å². The summed E-state index contributed by atoms with van der Waals surface area (Å²) in [5.41, 5.74) is 0.960. The van der Waals surface area contributed by atoms with Crippen LogP contribution in [0.4, 0.5) is 4.79 Å². The molecule has 126 valence electrons. The number of ether oxygens (including phenoxy) is 1. The van der Waals surface area contributed by atoms with Crippen molar-refractivity contribution in [1.29, 1.82) is 0 Å². The zero-order valence-corrected chi connectivity index (χ0v) is 14.7. The largest absolute Gasteiger partial charge is 0.444 e. The molecule has 2 aliphatic rings.